The van der Waals surface area contributed by atoms with E-state index in [1.54, 1.807) is 0 Å². The van der Waals surface area contributed by atoms with Crippen molar-refractivity contribution in [1.29, 1.82) is 0 Å². The fourth-order valence-electron chi connectivity index (χ4n) is 1.72. The molecule has 0 amide bonds. The highest BCUT2D eigenvalue weighted by Gasteiger charge is 2.12. The smallest absolute Gasteiger partial charge is 0.0141 e. The third kappa shape index (κ3) is 3.81. The van der Waals surface area contributed by atoms with Gasteiger partial charge in [-0.1, -0.05) is 26.2 Å². The van der Waals surface area contributed by atoms with Crippen LogP contribution in [0.15, 0.2) is 0 Å². The Kier molecular flexibility index (Phi) is 5.08. The number of thioether (sulfide) groups is 1. The van der Waals surface area contributed by atoms with E-state index in [-0.39, 0.29) is 0 Å². The highest BCUT2D eigenvalue weighted by molar-refractivity contribution is 7.99. The maximum atomic E-state index is 3.65. The highest BCUT2D eigenvalue weighted by atomic mass is 32.2. The van der Waals surface area contributed by atoms with Gasteiger partial charge in [0.05, 0.1) is 0 Å². The van der Waals surface area contributed by atoms with Crippen LogP contribution in [0.5, 0.6) is 0 Å². The topological polar surface area (TPSA) is 12.0 Å². The van der Waals surface area contributed by atoms with Gasteiger partial charge in [0.25, 0.3) is 0 Å². The van der Waals surface area contributed by atoms with Crippen molar-refractivity contribution in [2.24, 2.45) is 0 Å². The monoisotopic (exact) mass is 187 g/mol. The Bertz CT molecular complexity index is 110. The van der Waals surface area contributed by atoms with Crippen LogP contribution in [0.3, 0.4) is 0 Å². The molecule has 0 aromatic heterocycles. The van der Waals surface area contributed by atoms with Crippen LogP contribution in [0.2, 0.25) is 0 Å². The van der Waals surface area contributed by atoms with Crippen molar-refractivity contribution in [1.82, 2.24) is 5.32 Å². The van der Waals surface area contributed by atoms with E-state index in [9.17, 15) is 0 Å². The molecule has 0 spiro atoms. The zero-order valence-corrected chi connectivity index (χ0v) is 9.12. The summed E-state index contributed by atoms with van der Waals surface area (Å²) in [6.45, 7) is 3.48. The predicted octanol–water partition coefficient (Wildman–Crippen LogP) is 2.66. The lowest BCUT2D eigenvalue weighted by atomic mass is 9.95. The highest BCUT2D eigenvalue weighted by Crippen LogP contribution is 2.17. The van der Waals surface area contributed by atoms with Crippen molar-refractivity contribution in [3.63, 3.8) is 0 Å². The molecule has 0 radical (unpaired) electrons. The Morgan fingerprint density at radius 3 is 2.58 bits per heavy atom. The molecule has 72 valence electrons. The molecule has 0 heterocycles. The zero-order chi connectivity index (χ0) is 8.81. The fraction of sp³-hybridized carbons (Fsp3) is 1.00. The van der Waals surface area contributed by atoms with Gasteiger partial charge in [0.15, 0.2) is 0 Å². The molecule has 1 aliphatic rings. The Morgan fingerprint density at radius 2 is 2.00 bits per heavy atom. The van der Waals surface area contributed by atoms with Gasteiger partial charge >= 0.3 is 0 Å². The molecule has 2 heteroatoms. The molecule has 0 aliphatic heterocycles. The van der Waals surface area contributed by atoms with Crippen LogP contribution in [-0.4, -0.2) is 24.1 Å². The van der Waals surface area contributed by atoms with E-state index in [0.29, 0.717) is 0 Å². The average molecular weight is 187 g/mol. The van der Waals surface area contributed by atoms with Gasteiger partial charge < -0.3 is 5.32 Å². The molecule has 1 atom stereocenters. The van der Waals surface area contributed by atoms with Crippen LogP contribution in [0.4, 0.5) is 0 Å². The summed E-state index contributed by atoms with van der Waals surface area (Å²) >= 11 is 1.95. The van der Waals surface area contributed by atoms with E-state index in [2.05, 4.69) is 18.5 Å². The van der Waals surface area contributed by atoms with Gasteiger partial charge in [0.1, 0.15) is 0 Å². The van der Waals surface area contributed by atoms with Gasteiger partial charge in [-0.25, -0.2) is 0 Å². The lowest BCUT2D eigenvalue weighted by Gasteiger charge is -2.24. The molecule has 0 aromatic carbocycles. The van der Waals surface area contributed by atoms with Crippen molar-refractivity contribution in [3.05, 3.63) is 0 Å². The van der Waals surface area contributed by atoms with Crippen LogP contribution in [-0.2, 0) is 0 Å². The normalized spacial score (nSPS) is 22.5. The van der Waals surface area contributed by atoms with Gasteiger partial charge in [0, 0.05) is 17.8 Å². The molecule has 1 N–H and O–H groups in total. The number of rotatable bonds is 4. The second-order valence-corrected chi connectivity index (χ2v) is 5.07. The van der Waals surface area contributed by atoms with Crippen molar-refractivity contribution < 1.29 is 0 Å². The molecule has 12 heavy (non-hydrogen) atoms. The van der Waals surface area contributed by atoms with Gasteiger partial charge in [0.2, 0.25) is 0 Å². The minimum atomic E-state index is 0.770. The van der Waals surface area contributed by atoms with Crippen molar-refractivity contribution in [2.75, 3.05) is 12.8 Å². The first-order chi connectivity index (χ1) is 5.83. The van der Waals surface area contributed by atoms with E-state index in [1.807, 2.05) is 11.8 Å². The molecule has 1 aliphatic carbocycles. The van der Waals surface area contributed by atoms with Crippen LogP contribution < -0.4 is 5.32 Å². The Morgan fingerprint density at radius 1 is 1.33 bits per heavy atom. The van der Waals surface area contributed by atoms with Gasteiger partial charge in [-0.15, -0.1) is 0 Å². The lowest BCUT2D eigenvalue weighted by molar-refractivity contribution is 0.375. The molecule has 0 saturated heterocycles. The molecule has 1 saturated carbocycles. The summed E-state index contributed by atoms with van der Waals surface area (Å²) in [7, 11) is 0. The number of hydrogen-bond acceptors (Lipinski definition) is 2. The standard InChI is InChI=1S/C10H21NS/c1-9(12-2)8-11-10-6-4-3-5-7-10/h9-11H,3-8H2,1-2H3. The Balaban J connectivity index is 2.05. The van der Waals surface area contributed by atoms with Crippen molar-refractivity contribution >= 4 is 11.8 Å². The molecule has 0 bridgehead atoms. The number of nitrogens with one attached hydrogen (secondary N) is 1. The predicted molar refractivity (Wildman–Crippen MR) is 57.9 cm³/mol. The van der Waals surface area contributed by atoms with Gasteiger partial charge in [-0.2, -0.15) is 11.8 Å². The second kappa shape index (κ2) is 5.87. The third-order valence-electron chi connectivity index (χ3n) is 2.70. The molecular weight excluding hydrogens is 166 g/mol. The van der Waals surface area contributed by atoms with E-state index >= 15 is 0 Å². The van der Waals surface area contributed by atoms with Crippen LogP contribution in [0.25, 0.3) is 0 Å². The summed E-state index contributed by atoms with van der Waals surface area (Å²) < 4.78 is 0. The van der Waals surface area contributed by atoms with E-state index in [4.69, 9.17) is 0 Å². The van der Waals surface area contributed by atoms with E-state index in [1.165, 1.54) is 38.6 Å². The van der Waals surface area contributed by atoms with Crippen molar-refractivity contribution in [2.45, 2.75) is 50.3 Å². The first-order valence-electron chi connectivity index (χ1n) is 5.09. The molecule has 0 aromatic rings. The largest absolute Gasteiger partial charge is 0.313 e. The lowest BCUT2D eigenvalue weighted by Crippen LogP contribution is -2.34. The molecule has 1 rings (SSSR count). The summed E-state index contributed by atoms with van der Waals surface area (Å²) in [6, 6.07) is 0.827. The van der Waals surface area contributed by atoms with Crippen LogP contribution >= 0.6 is 11.8 Å². The molecule has 1 nitrogen and oxygen atoms in total. The molecular formula is C10H21NS. The SMILES string of the molecule is CSC(C)CNC1CCCCC1. The summed E-state index contributed by atoms with van der Waals surface area (Å²) in [5.74, 6) is 0. The van der Waals surface area contributed by atoms with E-state index < -0.39 is 0 Å². The van der Waals surface area contributed by atoms with Crippen LogP contribution in [0.1, 0.15) is 39.0 Å². The first-order valence-corrected chi connectivity index (χ1v) is 6.38. The van der Waals surface area contributed by atoms with Crippen molar-refractivity contribution in [3.8, 4) is 0 Å². The first kappa shape index (κ1) is 10.4. The second-order valence-electron chi connectivity index (χ2n) is 3.79. The maximum Gasteiger partial charge on any atom is 0.0141 e. The third-order valence-corrected chi connectivity index (χ3v) is 3.67. The fourth-order valence-corrected chi connectivity index (χ4v) is 1.99. The van der Waals surface area contributed by atoms with Gasteiger partial charge in [-0.05, 0) is 19.1 Å². The quantitative estimate of drug-likeness (QED) is 0.726. The van der Waals surface area contributed by atoms with E-state index in [0.717, 1.165) is 11.3 Å². The minimum Gasteiger partial charge on any atom is -0.313 e. The summed E-state index contributed by atoms with van der Waals surface area (Å²) in [5, 5.41) is 4.42. The summed E-state index contributed by atoms with van der Waals surface area (Å²) in [5.41, 5.74) is 0. The minimum absolute atomic E-state index is 0.770. The maximum absolute atomic E-state index is 3.65. The van der Waals surface area contributed by atoms with Gasteiger partial charge in [-0.3, -0.25) is 0 Å². The summed E-state index contributed by atoms with van der Waals surface area (Å²) in [4.78, 5) is 0. The van der Waals surface area contributed by atoms with Crippen LogP contribution in [0, 0.1) is 0 Å². The zero-order valence-electron chi connectivity index (χ0n) is 8.31. The Hall–Kier alpha value is 0.310. The summed E-state index contributed by atoms with van der Waals surface area (Å²) in [6.07, 6.45) is 9.32. The average Bonchev–Trinajstić information content (AvgIpc) is 2.16. The number of hydrogen-bond donors (Lipinski definition) is 1. The molecule has 1 unspecified atom stereocenters. The molecule has 1 fully saturated rings. The Labute approximate surface area is 80.7 Å².